The van der Waals surface area contributed by atoms with Gasteiger partial charge in [-0.25, -0.2) is 0 Å². The van der Waals surface area contributed by atoms with Crippen LogP contribution in [0.5, 0.6) is 0 Å². The predicted molar refractivity (Wildman–Crippen MR) is 78.1 cm³/mol. The fourth-order valence-corrected chi connectivity index (χ4v) is 1.68. The fourth-order valence-electron chi connectivity index (χ4n) is 1.68. The summed E-state index contributed by atoms with van der Waals surface area (Å²) in [5, 5.41) is 34.2. The Balaban J connectivity index is 0. The van der Waals surface area contributed by atoms with Gasteiger partial charge in [0.1, 0.15) is 0 Å². The molecular formula is C14H33NO4. The molecule has 0 radical (unpaired) electrons. The van der Waals surface area contributed by atoms with Crippen molar-refractivity contribution in [2.75, 3.05) is 46.1 Å². The summed E-state index contributed by atoms with van der Waals surface area (Å²) in [7, 11) is 0. The third-order valence-corrected chi connectivity index (χ3v) is 3.05. The van der Waals surface area contributed by atoms with Crippen LogP contribution in [0.2, 0.25) is 0 Å². The molecular weight excluding hydrogens is 246 g/mol. The minimum Gasteiger partial charge on any atom is -0.396 e. The molecule has 0 saturated carbocycles. The first kappa shape index (κ1) is 21.1. The lowest BCUT2D eigenvalue weighted by atomic mass is 10.0. The number of rotatable bonds is 11. The molecule has 0 heterocycles. The first-order valence-electron chi connectivity index (χ1n) is 7.35. The fraction of sp³-hybridized carbons (Fsp3) is 1.00. The van der Waals surface area contributed by atoms with Crippen molar-refractivity contribution in [3.63, 3.8) is 0 Å². The number of unbranched alkanes of at least 4 members (excludes halogenated alkanes) is 1. The third kappa shape index (κ3) is 15.7. The van der Waals surface area contributed by atoms with E-state index in [0.29, 0.717) is 32.2 Å². The maximum atomic E-state index is 8.75. The molecule has 4 N–H and O–H groups in total. The minimum atomic E-state index is 0.0694. The van der Waals surface area contributed by atoms with Crippen LogP contribution in [0, 0.1) is 5.92 Å². The highest BCUT2D eigenvalue weighted by Gasteiger charge is 2.01. The van der Waals surface area contributed by atoms with E-state index in [1.807, 2.05) is 0 Å². The normalized spacial score (nSPS) is 12.2. The standard InChI is InChI=1S/C8H18O.C6H15NO3/c1-3-5-6-8(4-2)7-9;8-4-1-7(2-5-9)3-6-10/h8-9H,3-7H2,1-2H3;8-10H,1-6H2. The Bertz CT molecular complexity index is 140. The highest BCUT2D eigenvalue weighted by molar-refractivity contribution is 4.54. The van der Waals surface area contributed by atoms with Crippen molar-refractivity contribution in [1.82, 2.24) is 4.90 Å². The summed E-state index contributed by atoms with van der Waals surface area (Å²) in [5.74, 6) is 0.560. The van der Waals surface area contributed by atoms with Crippen molar-refractivity contribution in [2.45, 2.75) is 39.5 Å². The Kier molecular flexibility index (Phi) is 19.8. The van der Waals surface area contributed by atoms with Crippen molar-refractivity contribution < 1.29 is 20.4 Å². The molecule has 19 heavy (non-hydrogen) atoms. The van der Waals surface area contributed by atoms with Crippen LogP contribution >= 0.6 is 0 Å². The smallest absolute Gasteiger partial charge is 0.0558 e. The maximum Gasteiger partial charge on any atom is 0.0558 e. The van der Waals surface area contributed by atoms with Crippen molar-refractivity contribution in [3.8, 4) is 0 Å². The number of hydrogen-bond acceptors (Lipinski definition) is 5. The molecule has 0 fully saturated rings. The molecule has 0 aromatic rings. The molecule has 0 rings (SSSR count). The molecule has 0 bridgehead atoms. The minimum absolute atomic E-state index is 0.0694. The van der Waals surface area contributed by atoms with Crippen LogP contribution in [0.15, 0.2) is 0 Å². The maximum absolute atomic E-state index is 8.75. The van der Waals surface area contributed by atoms with Crippen LogP contribution in [0.4, 0.5) is 0 Å². The average Bonchev–Trinajstić information content (AvgIpc) is 2.42. The summed E-state index contributed by atoms with van der Waals surface area (Å²) in [6.07, 6.45) is 4.83. The van der Waals surface area contributed by atoms with E-state index in [1.165, 1.54) is 19.3 Å². The van der Waals surface area contributed by atoms with Gasteiger partial charge in [0.15, 0.2) is 0 Å². The monoisotopic (exact) mass is 279 g/mol. The van der Waals surface area contributed by atoms with Crippen molar-refractivity contribution in [3.05, 3.63) is 0 Å². The Morgan fingerprint density at radius 3 is 1.58 bits per heavy atom. The zero-order chi connectivity index (χ0) is 14.9. The highest BCUT2D eigenvalue weighted by Crippen LogP contribution is 2.10. The lowest BCUT2D eigenvalue weighted by Gasteiger charge is -2.17. The topological polar surface area (TPSA) is 84.2 Å². The molecule has 0 spiro atoms. The Morgan fingerprint density at radius 2 is 1.32 bits per heavy atom. The molecule has 1 unspecified atom stereocenters. The van der Waals surface area contributed by atoms with Crippen molar-refractivity contribution in [1.29, 1.82) is 0 Å². The van der Waals surface area contributed by atoms with Crippen LogP contribution in [-0.4, -0.2) is 71.4 Å². The van der Waals surface area contributed by atoms with Crippen molar-refractivity contribution >= 4 is 0 Å². The molecule has 118 valence electrons. The van der Waals surface area contributed by atoms with Gasteiger partial charge < -0.3 is 20.4 Å². The Labute approximate surface area is 117 Å². The number of hydrogen-bond donors (Lipinski definition) is 4. The summed E-state index contributed by atoms with van der Waals surface area (Å²) in [6, 6.07) is 0. The molecule has 0 aliphatic rings. The summed E-state index contributed by atoms with van der Waals surface area (Å²) < 4.78 is 0. The molecule has 0 aromatic heterocycles. The van der Waals surface area contributed by atoms with Gasteiger partial charge in [0.2, 0.25) is 0 Å². The number of nitrogens with zero attached hydrogens (tertiary/aromatic N) is 1. The van der Waals surface area contributed by atoms with Gasteiger partial charge in [0.25, 0.3) is 0 Å². The molecule has 0 amide bonds. The van der Waals surface area contributed by atoms with Gasteiger partial charge in [-0.1, -0.05) is 33.1 Å². The first-order chi connectivity index (χ1) is 9.19. The summed E-state index contributed by atoms with van der Waals surface area (Å²) in [4.78, 5) is 1.79. The van der Waals surface area contributed by atoms with E-state index in [0.717, 1.165) is 6.42 Å². The van der Waals surface area contributed by atoms with E-state index >= 15 is 0 Å². The molecule has 5 heteroatoms. The van der Waals surface area contributed by atoms with Crippen LogP contribution in [0.25, 0.3) is 0 Å². The zero-order valence-corrected chi connectivity index (χ0v) is 12.6. The predicted octanol–water partition coefficient (Wildman–Crippen LogP) is 0.460. The van der Waals surface area contributed by atoms with Crippen LogP contribution in [0.3, 0.4) is 0 Å². The van der Waals surface area contributed by atoms with E-state index in [-0.39, 0.29) is 19.8 Å². The number of aliphatic hydroxyl groups is 4. The summed E-state index contributed by atoms with van der Waals surface area (Å²) in [6.45, 7) is 6.44. The SMILES string of the molecule is CCCCC(CC)CO.OCCN(CCO)CCO. The van der Waals surface area contributed by atoms with E-state index < -0.39 is 0 Å². The van der Waals surface area contributed by atoms with E-state index in [9.17, 15) is 0 Å². The third-order valence-electron chi connectivity index (χ3n) is 3.05. The Morgan fingerprint density at radius 1 is 0.842 bits per heavy atom. The molecule has 1 atom stereocenters. The molecule has 5 nitrogen and oxygen atoms in total. The highest BCUT2D eigenvalue weighted by atomic mass is 16.3. The van der Waals surface area contributed by atoms with E-state index in [4.69, 9.17) is 20.4 Å². The van der Waals surface area contributed by atoms with Gasteiger partial charge >= 0.3 is 0 Å². The van der Waals surface area contributed by atoms with Crippen LogP contribution in [0.1, 0.15) is 39.5 Å². The van der Waals surface area contributed by atoms with Gasteiger partial charge in [0.05, 0.1) is 19.8 Å². The van der Waals surface area contributed by atoms with Gasteiger partial charge in [-0.3, -0.25) is 4.90 Å². The quantitative estimate of drug-likeness (QED) is 0.442. The second-order valence-electron chi connectivity index (χ2n) is 4.61. The Hall–Kier alpha value is -0.200. The zero-order valence-electron chi connectivity index (χ0n) is 12.6. The van der Waals surface area contributed by atoms with Crippen LogP contribution < -0.4 is 0 Å². The largest absolute Gasteiger partial charge is 0.396 e. The lowest BCUT2D eigenvalue weighted by molar-refractivity contribution is 0.136. The summed E-state index contributed by atoms with van der Waals surface area (Å²) >= 11 is 0. The van der Waals surface area contributed by atoms with Gasteiger partial charge in [-0.15, -0.1) is 0 Å². The van der Waals surface area contributed by atoms with Gasteiger partial charge in [-0.05, 0) is 12.3 Å². The van der Waals surface area contributed by atoms with E-state index in [1.54, 1.807) is 4.90 Å². The summed E-state index contributed by atoms with van der Waals surface area (Å²) in [5.41, 5.74) is 0. The van der Waals surface area contributed by atoms with Gasteiger partial charge in [0, 0.05) is 26.2 Å². The molecule has 0 saturated heterocycles. The average molecular weight is 279 g/mol. The molecule has 0 aliphatic carbocycles. The van der Waals surface area contributed by atoms with Gasteiger partial charge in [-0.2, -0.15) is 0 Å². The second-order valence-corrected chi connectivity index (χ2v) is 4.61. The van der Waals surface area contributed by atoms with Crippen LogP contribution in [-0.2, 0) is 0 Å². The van der Waals surface area contributed by atoms with E-state index in [2.05, 4.69) is 13.8 Å². The molecule has 0 aliphatic heterocycles. The van der Waals surface area contributed by atoms with Crippen molar-refractivity contribution in [2.24, 2.45) is 5.92 Å². The lowest BCUT2D eigenvalue weighted by Crippen LogP contribution is -2.32. The molecule has 0 aromatic carbocycles. The number of aliphatic hydroxyl groups excluding tert-OH is 4. The second kappa shape index (κ2) is 17.8. The first-order valence-corrected chi connectivity index (χ1v) is 7.35.